The maximum atomic E-state index is 10.3. The molecule has 0 aromatic rings. The predicted molar refractivity (Wildman–Crippen MR) is 41.1 cm³/mol. The summed E-state index contributed by atoms with van der Waals surface area (Å²) in [5.41, 5.74) is 0.0540. The van der Waals surface area contributed by atoms with Crippen LogP contribution in [0.3, 0.4) is 0 Å². The van der Waals surface area contributed by atoms with Gasteiger partial charge in [-0.25, -0.2) is 5.84 Å². The van der Waals surface area contributed by atoms with Gasteiger partial charge in [0.1, 0.15) is 6.54 Å². The highest BCUT2D eigenvalue weighted by atomic mass is 16.6. The molecule has 0 aromatic carbocycles. The topological polar surface area (TPSA) is 81.6 Å². The molecule has 0 bridgehead atoms. The zero-order valence-corrected chi connectivity index (χ0v) is 6.56. The molecule has 0 fully saturated rings. The molecular weight excluding hydrogens is 162 g/mol. The van der Waals surface area contributed by atoms with E-state index in [2.05, 4.69) is 0 Å². The smallest absolute Gasteiger partial charge is 0.267 e. The minimum absolute atomic E-state index is 0.0540. The first kappa shape index (κ1) is 8.54. The van der Waals surface area contributed by atoms with Gasteiger partial charge in [0.15, 0.2) is 0 Å². The molecule has 0 radical (unpaired) electrons. The van der Waals surface area contributed by atoms with Crippen molar-refractivity contribution in [3.8, 4) is 0 Å². The van der Waals surface area contributed by atoms with Crippen LogP contribution < -0.4 is 5.84 Å². The molecule has 0 unspecified atom stereocenters. The van der Waals surface area contributed by atoms with Gasteiger partial charge >= 0.3 is 0 Å². The van der Waals surface area contributed by atoms with E-state index in [-0.39, 0.29) is 12.2 Å². The molecule has 0 aliphatic carbocycles. The van der Waals surface area contributed by atoms with Gasteiger partial charge in [0.05, 0.1) is 12.0 Å². The molecule has 0 saturated carbocycles. The van der Waals surface area contributed by atoms with Crippen molar-refractivity contribution in [2.24, 2.45) is 5.84 Å². The molecule has 6 nitrogen and oxygen atoms in total. The van der Waals surface area contributed by atoms with Crippen molar-refractivity contribution in [3.05, 3.63) is 33.8 Å². The average molecular weight is 171 g/mol. The fraction of sp³-hybridized carbons (Fsp3) is 0.333. The molecule has 6 heteroatoms. The third-order valence-electron chi connectivity index (χ3n) is 1.48. The maximum absolute atomic E-state index is 10.3. The fourth-order valence-corrected chi connectivity index (χ4v) is 0.872. The van der Waals surface area contributed by atoms with Gasteiger partial charge in [-0.05, 0) is 0 Å². The summed E-state index contributed by atoms with van der Waals surface area (Å²) in [6.07, 6.45) is 2.84. The van der Waals surface area contributed by atoms with Crippen molar-refractivity contribution in [2.75, 3.05) is 13.7 Å². The first-order valence-corrected chi connectivity index (χ1v) is 3.26. The predicted octanol–water partition coefficient (Wildman–Crippen LogP) is -0.176. The average Bonchev–Trinajstić information content (AvgIpc) is 2.04. The SMILES string of the molecule is COC1=CC=C([N+](=O)[O-])CN1N. The number of nitro groups is 1. The van der Waals surface area contributed by atoms with Crippen molar-refractivity contribution in [3.63, 3.8) is 0 Å². The number of nitrogens with two attached hydrogens (primary N) is 1. The minimum Gasteiger partial charge on any atom is -0.481 e. The van der Waals surface area contributed by atoms with Gasteiger partial charge in [-0.15, -0.1) is 0 Å². The van der Waals surface area contributed by atoms with Gasteiger partial charge in [0.25, 0.3) is 5.70 Å². The zero-order chi connectivity index (χ0) is 9.14. The molecule has 0 aromatic heterocycles. The highest BCUT2D eigenvalue weighted by Crippen LogP contribution is 2.11. The highest BCUT2D eigenvalue weighted by Gasteiger charge is 2.19. The fourth-order valence-electron chi connectivity index (χ4n) is 0.872. The van der Waals surface area contributed by atoms with Gasteiger partial charge < -0.3 is 4.74 Å². The van der Waals surface area contributed by atoms with Gasteiger partial charge in [0.2, 0.25) is 5.88 Å². The van der Waals surface area contributed by atoms with Crippen LogP contribution in [0.15, 0.2) is 23.7 Å². The number of hydrogen-bond acceptors (Lipinski definition) is 5. The molecular formula is C6H9N3O3. The molecule has 0 saturated heterocycles. The van der Waals surface area contributed by atoms with Crippen molar-refractivity contribution < 1.29 is 9.66 Å². The van der Waals surface area contributed by atoms with Crippen LogP contribution in [-0.2, 0) is 4.74 Å². The van der Waals surface area contributed by atoms with Crippen LogP contribution >= 0.6 is 0 Å². The van der Waals surface area contributed by atoms with Crippen molar-refractivity contribution >= 4 is 0 Å². The summed E-state index contributed by atoms with van der Waals surface area (Å²) in [4.78, 5) is 9.81. The number of methoxy groups -OCH3 is 1. The molecule has 1 aliphatic heterocycles. The Balaban J connectivity index is 2.81. The summed E-state index contributed by atoms with van der Waals surface area (Å²) in [6.45, 7) is 0.0622. The van der Waals surface area contributed by atoms with Crippen molar-refractivity contribution in [2.45, 2.75) is 0 Å². The molecule has 1 heterocycles. The normalized spacial score (nSPS) is 16.7. The number of hydrazine groups is 1. The van der Waals surface area contributed by atoms with Crippen LogP contribution in [0.25, 0.3) is 0 Å². The number of nitrogens with zero attached hydrogens (tertiary/aromatic N) is 2. The number of hydrogen-bond donors (Lipinski definition) is 1. The Morgan fingerprint density at radius 1 is 1.75 bits per heavy atom. The van der Waals surface area contributed by atoms with E-state index in [1.54, 1.807) is 0 Å². The van der Waals surface area contributed by atoms with E-state index in [1.165, 1.54) is 24.3 Å². The Kier molecular flexibility index (Phi) is 2.29. The maximum Gasteiger partial charge on any atom is 0.267 e. The second kappa shape index (κ2) is 3.22. The quantitative estimate of drug-likeness (QED) is 0.354. The first-order chi connectivity index (χ1) is 5.65. The van der Waals surface area contributed by atoms with Crippen LogP contribution in [0.2, 0.25) is 0 Å². The lowest BCUT2D eigenvalue weighted by Gasteiger charge is -2.20. The summed E-state index contributed by atoms with van der Waals surface area (Å²) in [7, 11) is 1.46. The van der Waals surface area contributed by atoms with Gasteiger partial charge in [-0.1, -0.05) is 0 Å². The van der Waals surface area contributed by atoms with Crippen LogP contribution in [0, 0.1) is 10.1 Å². The Labute approximate surface area is 69.0 Å². The standard InChI is InChI=1S/C6H9N3O3/c1-12-6-3-2-5(9(10)11)4-8(6)7/h2-3H,4,7H2,1H3. The number of allylic oxidation sites excluding steroid dienone is 2. The van der Waals surface area contributed by atoms with E-state index in [4.69, 9.17) is 10.6 Å². The van der Waals surface area contributed by atoms with Crippen molar-refractivity contribution in [1.29, 1.82) is 0 Å². The Hall–Kier alpha value is -1.56. The molecule has 0 spiro atoms. The van der Waals surface area contributed by atoms with E-state index in [0.717, 1.165) is 0 Å². The molecule has 2 N–H and O–H groups in total. The first-order valence-electron chi connectivity index (χ1n) is 3.26. The van der Waals surface area contributed by atoms with E-state index in [0.29, 0.717) is 5.88 Å². The largest absolute Gasteiger partial charge is 0.481 e. The molecule has 0 amide bonds. The van der Waals surface area contributed by atoms with E-state index in [9.17, 15) is 10.1 Å². The number of ether oxygens (including phenoxy) is 1. The van der Waals surface area contributed by atoms with Crippen LogP contribution in [0.4, 0.5) is 0 Å². The van der Waals surface area contributed by atoms with Gasteiger partial charge in [-0.3, -0.25) is 15.1 Å². The van der Waals surface area contributed by atoms with Crippen molar-refractivity contribution in [1.82, 2.24) is 5.01 Å². The molecule has 12 heavy (non-hydrogen) atoms. The summed E-state index contributed by atoms with van der Waals surface area (Å²) in [5, 5.41) is 11.5. The van der Waals surface area contributed by atoms with Gasteiger partial charge in [-0.2, -0.15) is 0 Å². The summed E-state index contributed by atoms with van der Waals surface area (Å²) >= 11 is 0. The monoisotopic (exact) mass is 171 g/mol. The number of rotatable bonds is 2. The Bertz CT molecular complexity index is 259. The Morgan fingerprint density at radius 3 is 2.83 bits per heavy atom. The van der Waals surface area contributed by atoms with E-state index < -0.39 is 4.92 Å². The third-order valence-corrected chi connectivity index (χ3v) is 1.48. The molecule has 1 rings (SSSR count). The lowest BCUT2D eigenvalue weighted by Crippen LogP contribution is -2.36. The Morgan fingerprint density at radius 2 is 2.42 bits per heavy atom. The van der Waals surface area contributed by atoms with Crippen LogP contribution in [0.1, 0.15) is 0 Å². The van der Waals surface area contributed by atoms with Crippen LogP contribution in [0.5, 0.6) is 0 Å². The molecule has 66 valence electrons. The third kappa shape index (κ3) is 1.54. The zero-order valence-electron chi connectivity index (χ0n) is 6.56. The summed E-state index contributed by atoms with van der Waals surface area (Å²) in [5.74, 6) is 5.83. The van der Waals surface area contributed by atoms with E-state index >= 15 is 0 Å². The second-order valence-corrected chi connectivity index (χ2v) is 2.25. The van der Waals surface area contributed by atoms with Crippen LogP contribution in [-0.4, -0.2) is 23.6 Å². The molecule has 0 atom stereocenters. The lowest BCUT2D eigenvalue weighted by atomic mass is 10.3. The highest BCUT2D eigenvalue weighted by molar-refractivity contribution is 5.16. The van der Waals surface area contributed by atoms with Gasteiger partial charge in [0, 0.05) is 12.2 Å². The summed E-state index contributed by atoms with van der Waals surface area (Å²) in [6, 6.07) is 0. The van der Waals surface area contributed by atoms with E-state index in [1.807, 2.05) is 0 Å². The lowest BCUT2D eigenvalue weighted by molar-refractivity contribution is -0.428. The minimum atomic E-state index is -0.469. The summed E-state index contributed by atoms with van der Waals surface area (Å²) < 4.78 is 4.83. The second-order valence-electron chi connectivity index (χ2n) is 2.25. The molecule has 1 aliphatic rings.